The summed E-state index contributed by atoms with van der Waals surface area (Å²) in [5, 5.41) is 9.32. The van der Waals surface area contributed by atoms with E-state index in [4.69, 9.17) is 0 Å². The summed E-state index contributed by atoms with van der Waals surface area (Å²) in [4.78, 5) is 14.2. The lowest BCUT2D eigenvalue weighted by molar-refractivity contribution is -0.127. The molecule has 0 saturated carbocycles. The van der Waals surface area contributed by atoms with Gasteiger partial charge in [-0.15, -0.1) is 16.8 Å². The van der Waals surface area contributed by atoms with Gasteiger partial charge < -0.3 is 4.90 Å². The van der Waals surface area contributed by atoms with Gasteiger partial charge in [0.25, 0.3) is 0 Å². The van der Waals surface area contributed by atoms with Crippen molar-refractivity contribution in [3.63, 3.8) is 0 Å². The standard InChI is InChI=1S/C21H22N4OS/c1-3-14-25-20(18-12-8-5-9-13-18)22-23-21(25)27-16-19(26)24(2)15-17-10-6-4-7-11-17/h3-13H,1,14-16H2,2H3. The Morgan fingerprint density at radius 3 is 2.44 bits per heavy atom. The molecule has 0 radical (unpaired) electrons. The molecule has 0 spiro atoms. The fourth-order valence-corrected chi connectivity index (χ4v) is 3.56. The average molecular weight is 379 g/mol. The van der Waals surface area contributed by atoms with Crippen molar-refractivity contribution in [2.45, 2.75) is 18.2 Å². The van der Waals surface area contributed by atoms with E-state index in [1.54, 1.807) is 4.90 Å². The summed E-state index contributed by atoms with van der Waals surface area (Å²) in [6.07, 6.45) is 1.81. The maximum Gasteiger partial charge on any atom is 0.233 e. The molecule has 0 aliphatic carbocycles. The second kappa shape index (κ2) is 9.19. The van der Waals surface area contributed by atoms with E-state index in [1.807, 2.05) is 78.4 Å². The molecule has 0 bridgehead atoms. The highest BCUT2D eigenvalue weighted by molar-refractivity contribution is 7.99. The van der Waals surface area contributed by atoms with E-state index in [-0.39, 0.29) is 5.91 Å². The molecule has 0 atom stereocenters. The lowest BCUT2D eigenvalue weighted by atomic mass is 10.2. The Bertz CT molecular complexity index is 893. The summed E-state index contributed by atoms with van der Waals surface area (Å²) in [6, 6.07) is 19.9. The molecule has 0 unspecified atom stereocenters. The third-order valence-corrected chi connectivity index (χ3v) is 5.03. The van der Waals surface area contributed by atoms with Crippen molar-refractivity contribution in [3.8, 4) is 11.4 Å². The summed E-state index contributed by atoms with van der Waals surface area (Å²) >= 11 is 1.40. The van der Waals surface area contributed by atoms with E-state index in [0.717, 1.165) is 22.1 Å². The van der Waals surface area contributed by atoms with E-state index >= 15 is 0 Å². The highest BCUT2D eigenvalue weighted by atomic mass is 32.2. The van der Waals surface area contributed by atoms with Crippen LogP contribution in [0.1, 0.15) is 5.56 Å². The van der Waals surface area contributed by atoms with Gasteiger partial charge in [-0.25, -0.2) is 0 Å². The number of hydrogen-bond acceptors (Lipinski definition) is 4. The molecule has 0 N–H and O–H groups in total. The fraction of sp³-hybridized carbons (Fsp3) is 0.190. The van der Waals surface area contributed by atoms with Gasteiger partial charge in [0.15, 0.2) is 11.0 Å². The van der Waals surface area contributed by atoms with Crippen LogP contribution in [-0.4, -0.2) is 38.4 Å². The summed E-state index contributed by atoms with van der Waals surface area (Å²) < 4.78 is 1.98. The summed E-state index contributed by atoms with van der Waals surface area (Å²) in [6.45, 7) is 5.00. The molecule has 5 nitrogen and oxygen atoms in total. The summed E-state index contributed by atoms with van der Waals surface area (Å²) in [7, 11) is 1.82. The third-order valence-electron chi connectivity index (χ3n) is 4.07. The zero-order chi connectivity index (χ0) is 19.1. The molecule has 6 heteroatoms. The summed E-state index contributed by atoms with van der Waals surface area (Å²) in [5.74, 6) is 1.15. The topological polar surface area (TPSA) is 51.0 Å². The normalized spacial score (nSPS) is 10.6. The van der Waals surface area contributed by atoms with Gasteiger partial charge in [0.1, 0.15) is 0 Å². The van der Waals surface area contributed by atoms with E-state index in [0.29, 0.717) is 18.8 Å². The lowest BCUT2D eigenvalue weighted by Gasteiger charge is -2.17. The Labute approximate surface area is 163 Å². The van der Waals surface area contributed by atoms with Gasteiger partial charge in [0.05, 0.1) is 5.75 Å². The number of carbonyl (C=O) groups excluding carboxylic acids is 1. The third kappa shape index (κ3) is 4.86. The van der Waals surface area contributed by atoms with Gasteiger partial charge >= 0.3 is 0 Å². The van der Waals surface area contributed by atoms with Crippen molar-refractivity contribution in [2.24, 2.45) is 0 Å². The molecule has 1 aromatic heterocycles. The maximum absolute atomic E-state index is 12.5. The molecular weight excluding hydrogens is 356 g/mol. The number of thioether (sulfide) groups is 1. The number of aromatic nitrogens is 3. The van der Waals surface area contributed by atoms with Gasteiger partial charge in [0, 0.05) is 25.7 Å². The fourth-order valence-electron chi connectivity index (χ4n) is 2.67. The van der Waals surface area contributed by atoms with Gasteiger partial charge in [-0.3, -0.25) is 9.36 Å². The molecule has 0 aliphatic heterocycles. The Morgan fingerprint density at radius 2 is 1.78 bits per heavy atom. The molecule has 0 fully saturated rings. The quantitative estimate of drug-likeness (QED) is 0.441. The average Bonchev–Trinajstić information content (AvgIpc) is 3.10. The van der Waals surface area contributed by atoms with Crippen molar-refractivity contribution in [1.82, 2.24) is 19.7 Å². The van der Waals surface area contributed by atoms with Crippen LogP contribution >= 0.6 is 11.8 Å². The monoisotopic (exact) mass is 378 g/mol. The Hall–Kier alpha value is -2.86. The minimum absolute atomic E-state index is 0.0540. The Kier molecular flexibility index (Phi) is 6.44. The molecule has 1 heterocycles. The lowest BCUT2D eigenvalue weighted by Crippen LogP contribution is -2.27. The smallest absolute Gasteiger partial charge is 0.233 e. The molecular formula is C21H22N4OS. The number of rotatable bonds is 8. The maximum atomic E-state index is 12.5. The van der Waals surface area contributed by atoms with Crippen LogP contribution in [0.3, 0.4) is 0 Å². The molecule has 0 aliphatic rings. The van der Waals surface area contributed by atoms with Gasteiger partial charge in [-0.2, -0.15) is 0 Å². The second-order valence-electron chi connectivity index (χ2n) is 6.10. The number of carbonyl (C=O) groups is 1. The van der Waals surface area contributed by atoms with E-state index in [9.17, 15) is 4.79 Å². The molecule has 0 saturated heterocycles. The van der Waals surface area contributed by atoms with E-state index in [1.165, 1.54) is 11.8 Å². The van der Waals surface area contributed by atoms with Crippen LogP contribution in [0.2, 0.25) is 0 Å². The zero-order valence-electron chi connectivity index (χ0n) is 15.3. The number of nitrogens with zero attached hydrogens (tertiary/aromatic N) is 4. The van der Waals surface area contributed by atoms with Gasteiger partial charge in [0.2, 0.25) is 5.91 Å². The van der Waals surface area contributed by atoms with Crippen molar-refractivity contribution in [1.29, 1.82) is 0 Å². The van der Waals surface area contributed by atoms with E-state index in [2.05, 4.69) is 16.8 Å². The molecule has 27 heavy (non-hydrogen) atoms. The van der Waals surface area contributed by atoms with Crippen LogP contribution in [0.15, 0.2) is 78.5 Å². The van der Waals surface area contributed by atoms with Crippen molar-refractivity contribution in [3.05, 3.63) is 78.9 Å². The van der Waals surface area contributed by atoms with Crippen LogP contribution < -0.4 is 0 Å². The first-order chi connectivity index (χ1) is 13.2. The largest absolute Gasteiger partial charge is 0.341 e. The minimum Gasteiger partial charge on any atom is -0.341 e. The minimum atomic E-state index is 0.0540. The van der Waals surface area contributed by atoms with Crippen molar-refractivity contribution in [2.75, 3.05) is 12.8 Å². The predicted octanol–water partition coefficient (Wildman–Crippen LogP) is 3.88. The first kappa shape index (κ1) is 18.9. The van der Waals surface area contributed by atoms with Crippen molar-refractivity contribution >= 4 is 17.7 Å². The van der Waals surface area contributed by atoms with Crippen LogP contribution in [0.5, 0.6) is 0 Å². The number of amides is 1. The Morgan fingerprint density at radius 1 is 1.11 bits per heavy atom. The summed E-state index contributed by atoms with van der Waals surface area (Å²) in [5.41, 5.74) is 2.10. The van der Waals surface area contributed by atoms with Crippen LogP contribution in [0.25, 0.3) is 11.4 Å². The van der Waals surface area contributed by atoms with Crippen molar-refractivity contribution < 1.29 is 4.79 Å². The number of allylic oxidation sites excluding steroid dienone is 1. The highest BCUT2D eigenvalue weighted by Crippen LogP contribution is 2.24. The molecule has 138 valence electrons. The number of hydrogen-bond donors (Lipinski definition) is 0. The highest BCUT2D eigenvalue weighted by Gasteiger charge is 2.16. The zero-order valence-corrected chi connectivity index (χ0v) is 16.1. The Balaban J connectivity index is 1.67. The molecule has 3 rings (SSSR count). The number of benzene rings is 2. The molecule has 1 amide bonds. The van der Waals surface area contributed by atoms with Gasteiger partial charge in [-0.1, -0.05) is 78.5 Å². The van der Waals surface area contributed by atoms with E-state index < -0.39 is 0 Å². The first-order valence-electron chi connectivity index (χ1n) is 8.69. The SMILES string of the molecule is C=CCn1c(SCC(=O)N(C)Cc2ccccc2)nnc1-c1ccccc1. The van der Waals surface area contributed by atoms with Crippen LogP contribution in [-0.2, 0) is 17.9 Å². The molecule has 2 aromatic carbocycles. The first-order valence-corrected chi connectivity index (χ1v) is 9.68. The second-order valence-corrected chi connectivity index (χ2v) is 7.04. The van der Waals surface area contributed by atoms with Crippen LogP contribution in [0.4, 0.5) is 0 Å². The predicted molar refractivity (Wildman–Crippen MR) is 109 cm³/mol. The van der Waals surface area contributed by atoms with Gasteiger partial charge in [-0.05, 0) is 5.56 Å². The van der Waals surface area contributed by atoms with Crippen LogP contribution in [0, 0.1) is 0 Å². The molecule has 3 aromatic rings.